The van der Waals surface area contributed by atoms with Gasteiger partial charge < -0.3 is 14.1 Å². The van der Waals surface area contributed by atoms with Crippen LogP contribution >= 0.6 is 0 Å². The number of hydrogen-bond donors (Lipinski definition) is 1. The minimum atomic E-state index is -0.529. The van der Waals surface area contributed by atoms with E-state index in [1.54, 1.807) is 0 Å². The van der Waals surface area contributed by atoms with Crippen molar-refractivity contribution in [3.8, 4) is 5.75 Å². The third-order valence-corrected chi connectivity index (χ3v) is 4.61. The Kier molecular flexibility index (Phi) is 3.40. The average Bonchev–Trinajstić information content (AvgIpc) is 3.21. The molecule has 2 aromatic rings. The van der Waals surface area contributed by atoms with Crippen LogP contribution in [0.15, 0.2) is 33.5 Å². The number of para-hydroxylation sites is 1. The number of aromatic amines is 1. The van der Waals surface area contributed by atoms with Gasteiger partial charge in [0.15, 0.2) is 0 Å². The van der Waals surface area contributed by atoms with E-state index in [1.165, 1.54) is 0 Å². The van der Waals surface area contributed by atoms with E-state index in [0.717, 1.165) is 24.2 Å². The van der Waals surface area contributed by atoms with E-state index in [2.05, 4.69) is 10.2 Å². The molecule has 1 atom stereocenters. The highest BCUT2D eigenvalue weighted by atomic mass is 16.5. The molecule has 1 amide bonds. The molecule has 2 aliphatic heterocycles. The fourth-order valence-electron chi connectivity index (χ4n) is 3.35. The van der Waals surface area contributed by atoms with Crippen molar-refractivity contribution in [1.82, 2.24) is 15.1 Å². The van der Waals surface area contributed by atoms with Crippen LogP contribution in [0.5, 0.6) is 5.75 Å². The van der Waals surface area contributed by atoms with E-state index < -0.39 is 5.76 Å². The molecule has 7 heteroatoms. The molecule has 0 aliphatic carbocycles. The summed E-state index contributed by atoms with van der Waals surface area (Å²) in [6, 6.07) is 7.69. The van der Waals surface area contributed by atoms with Crippen molar-refractivity contribution < 1.29 is 13.9 Å². The molecule has 1 N–H and O–H groups in total. The topological polar surface area (TPSA) is 88.4 Å². The van der Waals surface area contributed by atoms with Gasteiger partial charge in [-0.2, -0.15) is 0 Å². The molecule has 1 aromatic carbocycles. The van der Waals surface area contributed by atoms with Crippen LogP contribution < -0.4 is 10.5 Å². The zero-order chi connectivity index (χ0) is 15.8. The Bertz CT molecular complexity index is 773. The van der Waals surface area contributed by atoms with E-state index in [1.807, 2.05) is 29.2 Å². The zero-order valence-electron chi connectivity index (χ0n) is 12.5. The van der Waals surface area contributed by atoms with Crippen LogP contribution in [0.4, 0.5) is 0 Å². The molecule has 0 saturated carbocycles. The van der Waals surface area contributed by atoms with Crippen molar-refractivity contribution in [2.75, 3.05) is 19.7 Å². The van der Waals surface area contributed by atoms with Crippen molar-refractivity contribution >= 4 is 5.91 Å². The average molecular weight is 315 g/mol. The van der Waals surface area contributed by atoms with Crippen LogP contribution in [0.2, 0.25) is 0 Å². The quantitative estimate of drug-likeness (QED) is 0.901. The first-order valence-electron chi connectivity index (χ1n) is 7.78. The second kappa shape index (κ2) is 5.57. The second-order valence-electron chi connectivity index (χ2n) is 5.95. The zero-order valence-corrected chi connectivity index (χ0v) is 12.5. The van der Waals surface area contributed by atoms with Crippen LogP contribution in [-0.2, 0) is 4.79 Å². The molecule has 120 valence electrons. The number of benzene rings is 1. The fraction of sp³-hybridized carbons (Fsp3) is 0.438. The van der Waals surface area contributed by atoms with Crippen LogP contribution in [-0.4, -0.2) is 40.7 Å². The molecule has 23 heavy (non-hydrogen) atoms. The van der Waals surface area contributed by atoms with Crippen molar-refractivity contribution in [2.45, 2.75) is 24.7 Å². The van der Waals surface area contributed by atoms with Gasteiger partial charge in [0.2, 0.25) is 11.8 Å². The van der Waals surface area contributed by atoms with E-state index in [-0.39, 0.29) is 17.7 Å². The number of amides is 1. The summed E-state index contributed by atoms with van der Waals surface area (Å²) in [7, 11) is 0. The van der Waals surface area contributed by atoms with Crippen LogP contribution in [0.25, 0.3) is 0 Å². The standard InChI is InChI=1S/C16H17N3O4/c20-15(12-9-22-13-4-2-1-3-11(12)13)19-7-5-10(6-8-19)14-17-18-16(21)23-14/h1-4,10,12H,5-9H2,(H,18,21). The van der Waals surface area contributed by atoms with Gasteiger partial charge in [0, 0.05) is 24.6 Å². The monoisotopic (exact) mass is 315 g/mol. The first-order chi connectivity index (χ1) is 11.2. The molecule has 1 saturated heterocycles. The molecule has 1 fully saturated rings. The van der Waals surface area contributed by atoms with Gasteiger partial charge >= 0.3 is 5.76 Å². The first kappa shape index (κ1) is 14.0. The number of rotatable bonds is 2. The number of fused-ring (bicyclic) bond motifs is 1. The minimum absolute atomic E-state index is 0.0881. The Morgan fingerprint density at radius 1 is 1.26 bits per heavy atom. The smallest absolute Gasteiger partial charge is 0.434 e. The number of carbonyl (C=O) groups is 1. The van der Waals surface area contributed by atoms with Gasteiger partial charge in [-0.25, -0.2) is 9.89 Å². The summed E-state index contributed by atoms with van der Waals surface area (Å²) in [6.07, 6.45) is 1.49. The lowest BCUT2D eigenvalue weighted by Gasteiger charge is -2.32. The summed E-state index contributed by atoms with van der Waals surface area (Å²) in [6.45, 7) is 1.68. The Hall–Kier alpha value is -2.57. The van der Waals surface area contributed by atoms with Crippen molar-refractivity contribution in [1.29, 1.82) is 0 Å². The number of ether oxygens (including phenoxy) is 1. The number of nitrogens with one attached hydrogen (secondary N) is 1. The minimum Gasteiger partial charge on any atom is -0.492 e. The van der Waals surface area contributed by atoms with Crippen LogP contribution in [0, 0.1) is 0 Å². The molecule has 3 heterocycles. The molecule has 0 bridgehead atoms. The highest BCUT2D eigenvalue weighted by molar-refractivity contribution is 5.85. The van der Waals surface area contributed by atoms with Gasteiger partial charge in [0.1, 0.15) is 18.3 Å². The normalized spacial score (nSPS) is 21.0. The van der Waals surface area contributed by atoms with Crippen molar-refractivity contribution in [2.24, 2.45) is 0 Å². The molecule has 4 rings (SSSR count). The number of piperidine rings is 1. The summed E-state index contributed by atoms with van der Waals surface area (Å²) >= 11 is 0. The van der Waals surface area contributed by atoms with E-state index in [0.29, 0.717) is 25.6 Å². The Morgan fingerprint density at radius 3 is 2.78 bits per heavy atom. The summed E-state index contributed by atoms with van der Waals surface area (Å²) in [5.74, 6) is 0.696. The maximum absolute atomic E-state index is 12.8. The molecule has 7 nitrogen and oxygen atoms in total. The molecule has 0 radical (unpaired) electrons. The number of aromatic nitrogens is 2. The van der Waals surface area contributed by atoms with E-state index in [9.17, 15) is 9.59 Å². The third kappa shape index (κ3) is 2.52. The Morgan fingerprint density at radius 2 is 2.04 bits per heavy atom. The van der Waals surface area contributed by atoms with E-state index >= 15 is 0 Å². The number of hydrogen-bond acceptors (Lipinski definition) is 5. The summed E-state index contributed by atoms with van der Waals surface area (Å²) in [5.41, 5.74) is 0.970. The summed E-state index contributed by atoms with van der Waals surface area (Å²) in [4.78, 5) is 25.7. The lowest BCUT2D eigenvalue weighted by molar-refractivity contribution is -0.134. The van der Waals surface area contributed by atoms with Crippen LogP contribution in [0.1, 0.15) is 36.1 Å². The fourth-order valence-corrected chi connectivity index (χ4v) is 3.35. The van der Waals surface area contributed by atoms with Gasteiger partial charge in [0.25, 0.3) is 0 Å². The maximum Gasteiger partial charge on any atom is 0.434 e. The first-order valence-corrected chi connectivity index (χ1v) is 7.78. The molecule has 2 aliphatic rings. The number of carbonyl (C=O) groups excluding carboxylic acids is 1. The lowest BCUT2D eigenvalue weighted by Crippen LogP contribution is -2.41. The lowest BCUT2D eigenvalue weighted by atomic mass is 9.94. The summed E-state index contributed by atoms with van der Waals surface area (Å²) in [5, 5.41) is 6.18. The van der Waals surface area contributed by atoms with Gasteiger partial charge in [-0.05, 0) is 18.9 Å². The number of H-pyrrole nitrogens is 1. The SMILES string of the molecule is O=C(C1COc2ccccc21)N1CCC(c2n[nH]c(=O)o2)CC1. The molecule has 0 spiro atoms. The predicted molar refractivity (Wildman–Crippen MR) is 80.4 cm³/mol. The molecule has 1 unspecified atom stereocenters. The molecular formula is C16H17N3O4. The number of likely N-dealkylation sites (tertiary alicyclic amines) is 1. The molecule has 1 aromatic heterocycles. The maximum atomic E-state index is 12.8. The Balaban J connectivity index is 1.43. The summed E-state index contributed by atoms with van der Waals surface area (Å²) < 4.78 is 10.6. The number of nitrogens with zero attached hydrogens (tertiary/aromatic N) is 2. The molecular weight excluding hydrogens is 298 g/mol. The van der Waals surface area contributed by atoms with Gasteiger partial charge in [-0.15, -0.1) is 5.10 Å². The van der Waals surface area contributed by atoms with Gasteiger partial charge in [-0.3, -0.25) is 4.79 Å². The highest BCUT2D eigenvalue weighted by Crippen LogP contribution is 2.36. The van der Waals surface area contributed by atoms with Crippen molar-refractivity contribution in [3.05, 3.63) is 46.3 Å². The largest absolute Gasteiger partial charge is 0.492 e. The van der Waals surface area contributed by atoms with E-state index in [4.69, 9.17) is 9.15 Å². The third-order valence-electron chi connectivity index (χ3n) is 4.61. The predicted octanol–water partition coefficient (Wildman–Crippen LogP) is 1.25. The Labute approximate surface area is 132 Å². The van der Waals surface area contributed by atoms with Gasteiger partial charge in [-0.1, -0.05) is 18.2 Å². The van der Waals surface area contributed by atoms with Crippen molar-refractivity contribution in [3.63, 3.8) is 0 Å². The second-order valence-corrected chi connectivity index (χ2v) is 5.95. The van der Waals surface area contributed by atoms with Crippen LogP contribution in [0.3, 0.4) is 0 Å². The van der Waals surface area contributed by atoms with Gasteiger partial charge in [0.05, 0.1) is 0 Å². The highest BCUT2D eigenvalue weighted by Gasteiger charge is 2.35.